The maximum absolute atomic E-state index is 14.0. The first-order chi connectivity index (χ1) is 36.3. The van der Waals surface area contributed by atoms with Gasteiger partial charge < -0.3 is 34.3 Å². The minimum atomic E-state index is -2.38. The van der Waals surface area contributed by atoms with Crippen molar-refractivity contribution in [2.45, 2.75) is 58.2 Å². The Morgan fingerprint density at radius 3 is 2.23 bits per heavy atom. The zero-order chi connectivity index (χ0) is 52.6. The van der Waals surface area contributed by atoms with Crippen molar-refractivity contribution in [3.8, 4) is 10.8 Å². The number of rotatable bonds is 22. The highest BCUT2D eigenvalue weighted by molar-refractivity contribution is 7.15. The van der Waals surface area contributed by atoms with E-state index in [1.807, 2.05) is 35.8 Å². The molecule has 3 aliphatic heterocycles. The molecule has 1 fully saturated rings. The Hall–Kier alpha value is -7.62. The van der Waals surface area contributed by atoms with Gasteiger partial charge in [-0.3, -0.25) is 38.8 Å². The van der Waals surface area contributed by atoms with Crippen LogP contribution in [0.25, 0.3) is 5.00 Å². The van der Waals surface area contributed by atoms with E-state index in [4.69, 9.17) is 40.3 Å². The highest BCUT2D eigenvalue weighted by Gasteiger charge is 2.62. The Balaban J connectivity index is 0.672. The predicted molar refractivity (Wildman–Crippen MR) is 278 cm³/mol. The van der Waals surface area contributed by atoms with Crippen LogP contribution in [0.1, 0.15) is 84.8 Å². The number of nitrogens with one attached hydrogen (secondary N) is 3. The summed E-state index contributed by atoms with van der Waals surface area (Å²) in [7, 11) is 0. The summed E-state index contributed by atoms with van der Waals surface area (Å²) in [4.78, 5) is 87.7. The first-order valence-corrected chi connectivity index (χ1v) is 25.5. The summed E-state index contributed by atoms with van der Waals surface area (Å²) in [5.74, 6) is -2.89. The van der Waals surface area contributed by atoms with Crippen molar-refractivity contribution in [3.05, 3.63) is 152 Å². The number of aliphatic imine (C=N–C) groups is 1. The summed E-state index contributed by atoms with van der Waals surface area (Å²) in [6, 6.07) is 27.4. The fourth-order valence-electron chi connectivity index (χ4n) is 8.99. The smallest absolute Gasteiger partial charge is 0.342 e. The number of carbonyl (C=O) groups is 6. The van der Waals surface area contributed by atoms with Crippen LogP contribution >= 0.6 is 22.9 Å². The molecule has 0 spiro atoms. The minimum Gasteiger partial charge on any atom is -0.491 e. The van der Waals surface area contributed by atoms with E-state index in [1.54, 1.807) is 78.1 Å². The van der Waals surface area contributed by atoms with Gasteiger partial charge in [0, 0.05) is 45.4 Å². The molecule has 75 heavy (non-hydrogen) atoms. The van der Waals surface area contributed by atoms with Crippen molar-refractivity contribution in [2.24, 2.45) is 4.99 Å². The van der Waals surface area contributed by atoms with Crippen molar-refractivity contribution >= 4 is 75.5 Å². The molecule has 0 bridgehead atoms. The number of fused-ring (bicyclic) bond motifs is 4. The summed E-state index contributed by atoms with van der Waals surface area (Å²) in [6.45, 7) is 8.18. The van der Waals surface area contributed by atoms with Crippen LogP contribution in [0.4, 0.5) is 11.4 Å². The number of amides is 5. The molecule has 6 aromatic rings. The standard InChI is InChI=1S/C54H53ClN8O11S/c1-32-33(2)75-51-45(32)47(36-12-14-37(55)15-13-36)58-42(48-61-60-34(3)62(48)51)30-44(65)57-38-16-18-39(19-17-38)73-29-28-72-27-26-71-25-24-70-23-22-56-41-11-7-10-40-46(41)50(67)63(49(40)66)54(21-20-43(64)59-52(54)68)53(69)74-31-35-8-5-4-6-9-35/h4-19,42,56H,20-31H2,1-3H3,(H,57,65)(H,59,64,68). The van der Waals surface area contributed by atoms with Gasteiger partial charge in [0.25, 0.3) is 17.7 Å². The largest absolute Gasteiger partial charge is 0.491 e. The van der Waals surface area contributed by atoms with E-state index in [0.717, 1.165) is 32.3 Å². The van der Waals surface area contributed by atoms with Crippen molar-refractivity contribution in [1.29, 1.82) is 0 Å². The summed E-state index contributed by atoms with van der Waals surface area (Å²) < 4.78 is 30.3. The van der Waals surface area contributed by atoms with Crippen LogP contribution in [0.3, 0.4) is 0 Å². The molecular weight excluding hydrogens is 1000 g/mol. The third-order valence-corrected chi connectivity index (χ3v) is 14.3. The second kappa shape index (κ2) is 23.3. The van der Waals surface area contributed by atoms with Crippen LogP contribution in [-0.4, -0.2) is 119 Å². The topological polar surface area (TPSA) is 231 Å². The SMILES string of the molecule is Cc1sc2c(c1C)C(c1ccc(Cl)cc1)=NC(CC(=O)Nc1ccc(OCCOCCOCCOCCNc3cccc4c3C(=O)N(C3(C(=O)OCc5ccccc5)CCC(=O)NC3=O)C4=O)cc1)c1nnc(C)n1-2. The Morgan fingerprint density at radius 2 is 1.51 bits per heavy atom. The van der Waals surface area contributed by atoms with Crippen LogP contribution < -0.4 is 20.7 Å². The van der Waals surface area contributed by atoms with Crippen LogP contribution in [0, 0.1) is 20.8 Å². The van der Waals surface area contributed by atoms with Crippen LogP contribution in [-0.2, 0) is 44.7 Å². The lowest BCUT2D eigenvalue weighted by molar-refractivity contribution is -0.165. The van der Waals surface area contributed by atoms with Crippen molar-refractivity contribution in [1.82, 2.24) is 25.0 Å². The molecule has 0 radical (unpaired) electrons. The number of nitrogens with zero attached hydrogens (tertiary/aromatic N) is 5. The molecule has 21 heteroatoms. The Labute approximate surface area is 440 Å². The van der Waals surface area contributed by atoms with Gasteiger partial charge in [0.1, 0.15) is 35.8 Å². The number of imide groups is 2. The molecule has 0 saturated carbocycles. The number of thiophene rings is 1. The number of halogens is 1. The summed E-state index contributed by atoms with van der Waals surface area (Å²) in [5, 5.41) is 18.7. The van der Waals surface area contributed by atoms with Crippen LogP contribution in [0.15, 0.2) is 102 Å². The van der Waals surface area contributed by atoms with E-state index in [1.165, 1.54) is 6.07 Å². The monoisotopic (exact) mass is 1060 g/mol. The number of ether oxygens (including phenoxy) is 5. The number of carbonyl (C=O) groups excluding carboxylic acids is 6. The lowest BCUT2D eigenvalue weighted by Crippen LogP contribution is -2.68. The van der Waals surface area contributed by atoms with Gasteiger partial charge in [0.15, 0.2) is 5.82 Å². The number of piperidine rings is 1. The molecule has 19 nitrogen and oxygen atoms in total. The van der Waals surface area contributed by atoms with E-state index in [0.29, 0.717) is 77.3 Å². The molecule has 2 aromatic heterocycles. The van der Waals surface area contributed by atoms with Crippen LogP contribution in [0.2, 0.25) is 5.02 Å². The van der Waals surface area contributed by atoms with Gasteiger partial charge >= 0.3 is 5.97 Å². The number of benzene rings is 4. The first kappa shape index (κ1) is 52.3. The number of anilines is 2. The van der Waals surface area contributed by atoms with Gasteiger partial charge in [-0.25, -0.2) is 9.69 Å². The van der Waals surface area contributed by atoms with Gasteiger partial charge in [0.2, 0.25) is 17.4 Å². The van der Waals surface area contributed by atoms with E-state index in [9.17, 15) is 28.8 Å². The number of hydrogen-bond donors (Lipinski definition) is 3. The molecule has 5 amide bonds. The number of aryl methyl sites for hydroxylation is 2. The fraction of sp³-hybridized carbons (Fsp3) is 0.315. The quantitative estimate of drug-likeness (QED) is 0.0272. The molecule has 3 N–H and O–H groups in total. The molecule has 388 valence electrons. The zero-order valence-corrected chi connectivity index (χ0v) is 42.9. The van der Waals surface area contributed by atoms with Gasteiger partial charge in [-0.05, 0) is 86.8 Å². The maximum Gasteiger partial charge on any atom is 0.342 e. The van der Waals surface area contributed by atoms with E-state index in [-0.39, 0.29) is 56.2 Å². The van der Waals surface area contributed by atoms with Gasteiger partial charge in [-0.1, -0.05) is 60.1 Å². The van der Waals surface area contributed by atoms with Crippen LogP contribution in [0.5, 0.6) is 5.75 Å². The number of hydrogen-bond acceptors (Lipinski definition) is 16. The molecule has 2 atom stereocenters. The number of aromatic nitrogens is 3. The predicted octanol–water partition coefficient (Wildman–Crippen LogP) is 6.88. The van der Waals surface area contributed by atoms with Gasteiger partial charge in [-0.15, -0.1) is 21.5 Å². The second-order valence-electron chi connectivity index (χ2n) is 17.8. The summed E-state index contributed by atoms with van der Waals surface area (Å²) in [6.07, 6.45) is -0.668. The lowest BCUT2D eigenvalue weighted by Gasteiger charge is -2.38. The third-order valence-electron chi connectivity index (χ3n) is 12.9. The number of esters is 1. The average molecular weight is 1060 g/mol. The third kappa shape index (κ3) is 11.3. The van der Waals surface area contributed by atoms with Crippen molar-refractivity contribution in [2.75, 3.05) is 63.4 Å². The van der Waals surface area contributed by atoms with Crippen molar-refractivity contribution in [3.63, 3.8) is 0 Å². The van der Waals surface area contributed by atoms with Crippen molar-refractivity contribution < 1.29 is 52.5 Å². The molecule has 9 rings (SSSR count). The van der Waals surface area contributed by atoms with E-state index in [2.05, 4.69) is 40.0 Å². The maximum atomic E-state index is 14.0. The summed E-state index contributed by atoms with van der Waals surface area (Å²) >= 11 is 7.90. The second-order valence-corrected chi connectivity index (χ2v) is 19.4. The highest BCUT2D eigenvalue weighted by atomic mass is 35.5. The zero-order valence-electron chi connectivity index (χ0n) is 41.3. The fourth-order valence-corrected chi connectivity index (χ4v) is 10.3. The van der Waals surface area contributed by atoms with Gasteiger partial charge in [-0.2, -0.15) is 0 Å². The summed E-state index contributed by atoms with van der Waals surface area (Å²) in [5.41, 5.74) is 2.91. The molecular formula is C54H53ClN8O11S. The molecule has 1 saturated heterocycles. The Kier molecular flexibility index (Phi) is 16.2. The Bertz CT molecular complexity index is 3160. The molecule has 2 unspecified atom stereocenters. The molecule has 5 heterocycles. The van der Waals surface area contributed by atoms with E-state index < -0.39 is 47.6 Å². The first-order valence-electron chi connectivity index (χ1n) is 24.3. The molecule has 3 aliphatic rings. The lowest BCUT2D eigenvalue weighted by atomic mass is 9.86. The van der Waals surface area contributed by atoms with E-state index >= 15 is 0 Å². The van der Waals surface area contributed by atoms with Gasteiger partial charge in [0.05, 0.1) is 62.9 Å². The normalized spacial score (nSPS) is 16.9. The molecule has 4 aromatic carbocycles. The molecule has 0 aliphatic carbocycles. The Morgan fingerprint density at radius 1 is 0.800 bits per heavy atom. The average Bonchev–Trinajstić information content (AvgIpc) is 3.99. The highest BCUT2D eigenvalue weighted by Crippen LogP contribution is 2.41. The minimum absolute atomic E-state index is 0.000875.